The summed E-state index contributed by atoms with van der Waals surface area (Å²) in [7, 11) is 1.79. The van der Waals surface area contributed by atoms with Gasteiger partial charge in [-0.05, 0) is 30.9 Å². The second-order valence-electron chi connectivity index (χ2n) is 5.36. The van der Waals surface area contributed by atoms with Crippen LogP contribution >= 0.6 is 0 Å². The number of methoxy groups -OCH3 is 1. The molecule has 0 amide bonds. The van der Waals surface area contributed by atoms with E-state index in [0.717, 1.165) is 25.0 Å². The smallest absolute Gasteiger partial charge is 0.105 e. The second kappa shape index (κ2) is 5.23. The standard InChI is InChI=1S/C14H23NO2/c1-11-5-3-7-14(10-11,16-2)13(15)9-12-6-4-8-17-12/h4,6,8,11,13H,3,5,7,9-10,15H2,1-2H3. The summed E-state index contributed by atoms with van der Waals surface area (Å²) in [5, 5.41) is 0. The van der Waals surface area contributed by atoms with E-state index in [2.05, 4.69) is 6.92 Å². The van der Waals surface area contributed by atoms with Gasteiger partial charge in [0.25, 0.3) is 0 Å². The molecule has 1 fully saturated rings. The van der Waals surface area contributed by atoms with Gasteiger partial charge >= 0.3 is 0 Å². The maximum atomic E-state index is 6.36. The van der Waals surface area contributed by atoms with Crippen LogP contribution in [-0.2, 0) is 11.2 Å². The van der Waals surface area contributed by atoms with E-state index in [1.807, 2.05) is 12.1 Å². The molecule has 0 aliphatic heterocycles. The Balaban J connectivity index is 2.06. The second-order valence-corrected chi connectivity index (χ2v) is 5.36. The molecule has 1 aliphatic carbocycles. The van der Waals surface area contributed by atoms with Crippen LogP contribution in [0.25, 0.3) is 0 Å². The molecule has 1 aromatic heterocycles. The highest BCUT2D eigenvalue weighted by molar-refractivity contribution is 5.05. The molecule has 1 aromatic rings. The van der Waals surface area contributed by atoms with Crippen molar-refractivity contribution in [3.8, 4) is 0 Å². The third-order valence-electron chi connectivity index (χ3n) is 4.07. The lowest BCUT2D eigenvalue weighted by Gasteiger charge is -2.43. The molecular formula is C14H23NO2. The lowest BCUT2D eigenvalue weighted by molar-refractivity contribution is -0.0713. The predicted octanol–water partition coefficient (Wildman–Crippen LogP) is 2.74. The van der Waals surface area contributed by atoms with Gasteiger partial charge in [0.05, 0.1) is 11.9 Å². The van der Waals surface area contributed by atoms with Gasteiger partial charge in [-0.3, -0.25) is 0 Å². The van der Waals surface area contributed by atoms with Crippen LogP contribution in [0.3, 0.4) is 0 Å². The zero-order valence-corrected chi connectivity index (χ0v) is 10.8. The van der Waals surface area contributed by atoms with Crippen molar-refractivity contribution in [2.45, 2.75) is 50.7 Å². The molecule has 3 nitrogen and oxygen atoms in total. The van der Waals surface area contributed by atoms with Crippen molar-refractivity contribution in [3.63, 3.8) is 0 Å². The highest BCUT2D eigenvalue weighted by Crippen LogP contribution is 2.37. The highest BCUT2D eigenvalue weighted by atomic mass is 16.5. The Hall–Kier alpha value is -0.800. The van der Waals surface area contributed by atoms with E-state index in [0.29, 0.717) is 5.92 Å². The summed E-state index contributed by atoms with van der Waals surface area (Å²) in [5.74, 6) is 1.65. The van der Waals surface area contributed by atoms with Crippen LogP contribution in [0.4, 0.5) is 0 Å². The molecule has 1 saturated carbocycles. The summed E-state index contributed by atoms with van der Waals surface area (Å²) in [6.07, 6.45) is 7.08. The van der Waals surface area contributed by atoms with Gasteiger partial charge in [-0.25, -0.2) is 0 Å². The van der Waals surface area contributed by atoms with Crippen LogP contribution in [0.1, 0.15) is 38.4 Å². The van der Waals surface area contributed by atoms with E-state index in [-0.39, 0.29) is 11.6 Å². The first-order valence-electron chi connectivity index (χ1n) is 6.49. The number of nitrogens with two attached hydrogens (primary N) is 1. The zero-order chi connectivity index (χ0) is 12.3. The molecule has 2 rings (SSSR count). The van der Waals surface area contributed by atoms with Crippen molar-refractivity contribution in [1.29, 1.82) is 0 Å². The average Bonchev–Trinajstić information content (AvgIpc) is 2.81. The fraction of sp³-hybridized carbons (Fsp3) is 0.714. The maximum Gasteiger partial charge on any atom is 0.105 e. The van der Waals surface area contributed by atoms with Crippen LogP contribution in [0.2, 0.25) is 0 Å². The Morgan fingerprint density at radius 3 is 3.06 bits per heavy atom. The quantitative estimate of drug-likeness (QED) is 0.876. The van der Waals surface area contributed by atoms with Crippen LogP contribution in [-0.4, -0.2) is 18.8 Å². The maximum absolute atomic E-state index is 6.36. The highest BCUT2D eigenvalue weighted by Gasteiger charge is 2.40. The van der Waals surface area contributed by atoms with E-state index in [1.165, 1.54) is 12.8 Å². The molecule has 0 bridgehead atoms. The van der Waals surface area contributed by atoms with Gasteiger partial charge in [0, 0.05) is 19.6 Å². The van der Waals surface area contributed by atoms with Crippen molar-refractivity contribution in [3.05, 3.63) is 24.2 Å². The van der Waals surface area contributed by atoms with E-state index in [9.17, 15) is 0 Å². The first-order chi connectivity index (χ1) is 8.16. The topological polar surface area (TPSA) is 48.4 Å². The van der Waals surface area contributed by atoms with E-state index < -0.39 is 0 Å². The van der Waals surface area contributed by atoms with E-state index in [4.69, 9.17) is 14.9 Å². The number of furan rings is 1. The Bertz CT molecular complexity index is 336. The zero-order valence-electron chi connectivity index (χ0n) is 10.8. The Kier molecular flexibility index (Phi) is 3.89. The van der Waals surface area contributed by atoms with Gasteiger partial charge in [0.1, 0.15) is 5.76 Å². The van der Waals surface area contributed by atoms with Gasteiger partial charge in [0.15, 0.2) is 0 Å². The lowest BCUT2D eigenvalue weighted by atomic mass is 9.74. The first-order valence-corrected chi connectivity index (χ1v) is 6.49. The largest absolute Gasteiger partial charge is 0.469 e. The van der Waals surface area contributed by atoms with Gasteiger partial charge in [-0.2, -0.15) is 0 Å². The van der Waals surface area contributed by atoms with Gasteiger partial charge in [0.2, 0.25) is 0 Å². The summed E-state index contributed by atoms with van der Waals surface area (Å²) in [5.41, 5.74) is 6.20. The molecule has 3 atom stereocenters. The minimum absolute atomic E-state index is 0.0152. The molecule has 1 heterocycles. The molecule has 3 heteroatoms. The molecule has 0 saturated heterocycles. The molecule has 2 N–H and O–H groups in total. The van der Waals surface area contributed by atoms with E-state index >= 15 is 0 Å². The monoisotopic (exact) mass is 237 g/mol. The Labute approximate surface area is 103 Å². The SMILES string of the molecule is COC1(C(N)Cc2ccco2)CCCC(C)C1. The molecule has 17 heavy (non-hydrogen) atoms. The first kappa shape index (κ1) is 12.7. The number of ether oxygens (including phenoxy) is 1. The summed E-state index contributed by atoms with van der Waals surface area (Å²) >= 11 is 0. The lowest BCUT2D eigenvalue weighted by Crippen LogP contribution is -2.53. The molecule has 96 valence electrons. The minimum atomic E-state index is -0.162. The van der Waals surface area contributed by atoms with Crippen LogP contribution in [0, 0.1) is 5.92 Å². The molecule has 0 radical (unpaired) electrons. The van der Waals surface area contributed by atoms with Gasteiger partial charge < -0.3 is 14.9 Å². The summed E-state index contributed by atoms with van der Waals surface area (Å²) in [6.45, 7) is 2.28. The number of hydrogen-bond donors (Lipinski definition) is 1. The Morgan fingerprint density at radius 2 is 2.47 bits per heavy atom. The summed E-state index contributed by atoms with van der Waals surface area (Å²) in [4.78, 5) is 0. The fourth-order valence-corrected chi connectivity index (χ4v) is 3.05. The fourth-order valence-electron chi connectivity index (χ4n) is 3.05. The molecule has 3 unspecified atom stereocenters. The summed E-state index contributed by atoms with van der Waals surface area (Å²) in [6, 6.07) is 3.90. The average molecular weight is 237 g/mol. The molecule has 0 spiro atoms. The van der Waals surface area contributed by atoms with Crippen molar-refractivity contribution >= 4 is 0 Å². The van der Waals surface area contributed by atoms with Crippen molar-refractivity contribution < 1.29 is 9.15 Å². The molecule has 1 aliphatic rings. The number of rotatable bonds is 4. The third kappa shape index (κ3) is 2.72. The van der Waals surface area contributed by atoms with Crippen LogP contribution < -0.4 is 5.73 Å². The van der Waals surface area contributed by atoms with Crippen molar-refractivity contribution in [1.82, 2.24) is 0 Å². The minimum Gasteiger partial charge on any atom is -0.469 e. The van der Waals surface area contributed by atoms with Crippen LogP contribution in [0.15, 0.2) is 22.8 Å². The third-order valence-corrected chi connectivity index (χ3v) is 4.07. The predicted molar refractivity (Wildman–Crippen MR) is 67.8 cm³/mol. The summed E-state index contributed by atoms with van der Waals surface area (Å²) < 4.78 is 11.2. The van der Waals surface area contributed by atoms with Crippen LogP contribution in [0.5, 0.6) is 0 Å². The molecular weight excluding hydrogens is 214 g/mol. The van der Waals surface area contributed by atoms with Crippen molar-refractivity contribution in [2.24, 2.45) is 11.7 Å². The molecule has 0 aromatic carbocycles. The van der Waals surface area contributed by atoms with Gasteiger partial charge in [-0.15, -0.1) is 0 Å². The van der Waals surface area contributed by atoms with Crippen molar-refractivity contribution in [2.75, 3.05) is 7.11 Å². The number of hydrogen-bond acceptors (Lipinski definition) is 3. The Morgan fingerprint density at radius 1 is 1.65 bits per heavy atom. The normalized spacial score (nSPS) is 31.4. The van der Waals surface area contributed by atoms with Gasteiger partial charge in [-0.1, -0.05) is 19.8 Å². The van der Waals surface area contributed by atoms with E-state index in [1.54, 1.807) is 13.4 Å².